The number of nitrogens with one attached hydrogen (secondary N) is 2. The molecule has 0 bridgehead atoms. The van der Waals surface area contributed by atoms with E-state index in [9.17, 15) is 33.9 Å². The van der Waals surface area contributed by atoms with Crippen LogP contribution in [-0.4, -0.2) is 108 Å². The van der Waals surface area contributed by atoms with Crippen LogP contribution < -0.4 is 16.4 Å². The van der Waals surface area contributed by atoms with E-state index in [1.54, 1.807) is 0 Å². The average Bonchev–Trinajstić information content (AvgIpc) is 3.49. The van der Waals surface area contributed by atoms with Crippen LogP contribution in [0.25, 0.3) is 0 Å². The Hall–Kier alpha value is -3.62. The van der Waals surface area contributed by atoms with Crippen LogP contribution >= 0.6 is 0 Å². The molecule has 3 heterocycles. The summed E-state index contributed by atoms with van der Waals surface area (Å²) in [5.74, 6) is -2.81. The molecule has 3 rings (SSSR count). The van der Waals surface area contributed by atoms with Crippen molar-refractivity contribution in [2.45, 2.75) is 62.9 Å². The number of aliphatic hydroxyl groups is 1. The number of carbonyl (C=O) groups is 6. The second kappa shape index (κ2) is 11.2. The zero-order valence-corrected chi connectivity index (χ0v) is 19.1. The number of nitrogens with two attached hydrogens (primary N) is 1. The van der Waals surface area contributed by atoms with E-state index in [1.807, 2.05) is 0 Å². The summed E-state index contributed by atoms with van der Waals surface area (Å²) < 4.78 is 14.2. The lowest BCUT2D eigenvalue weighted by atomic mass is 10.1. The van der Waals surface area contributed by atoms with E-state index in [2.05, 4.69) is 20.1 Å². The van der Waals surface area contributed by atoms with Crippen LogP contribution in [0.3, 0.4) is 0 Å². The molecule has 3 fully saturated rings. The number of rotatable bonds is 2. The van der Waals surface area contributed by atoms with Gasteiger partial charge >= 0.3 is 12.2 Å². The van der Waals surface area contributed by atoms with Crippen molar-refractivity contribution in [2.75, 3.05) is 26.5 Å². The van der Waals surface area contributed by atoms with Crippen molar-refractivity contribution < 1.29 is 48.1 Å². The predicted octanol–water partition coefficient (Wildman–Crippen LogP) is -2.46. The Kier molecular flexibility index (Phi) is 8.32. The molecular formula is C20H29N5O10. The van der Waals surface area contributed by atoms with Gasteiger partial charge in [0, 0.05) is 13.1 Å². The van der Waals surface area contributed by atoms with Crippen LogP contribution in [0.2, 0.25) is 0 Å². The zero-order chi connectivity index (χ0) is 25.7. The van der Waals surface area contributed by atoms with Gasteiger partial charge in [-0.2, -0.15) is 0 Å². The maximum Gasteiger partial charge on any atom is 0.511 e. The molecule has 0 unspecified atom stereocenters. The number of carbonyl (C=O) groups excluding carboxylic acids is 6. The number of nitrogens with zero attached hydrogens (tertiary/aromatic N) is 2. The van der Waals surface area contributed by atoms with E-state index in [-0.39, 0.29) is 13.1 Å². The van der Waals surface area contributed by atoms with E-state index < -0.39 is 79.5 Å². The molecule has 35 heavy (non-hydrogen) atoms. The van der Waals surface area contributed by atoms with Gasteiger partial charge in [-0.05, 0) is 32.6 Å². The van der Waals surface area contributed by atoms with Gasteiger partial charge in [-0.1, -0.05) is 0 Å². The molecule has 15 nitrogen and oxygen atoms in total. The molecule has 0 radical (unpaired) electrons. The zero-order valence-electron chi connectivity index (χ0n) is 19.1. The number of hydrogen-bond donors (Lipinski definition) is 4. The molecule has 0 aromatic heterocycles. The lowest BCUT2D eigenvalue weighted by molar-refractivity contribution is -0.148. The molecule has 194 valence electrons. The van der Waals surface area contributed by atoms with Gasteiger partial charge in [0.15, 0.2) is 0 Å². The van der Waals surface area contributed by atoms with Gasteiger partial charge in [0.25, 0.3) is 0 Å². The Balaban J connectivity index is 1.88. The maximum atomic E-state index is 13.4. The van der Waals surface area contributed by atoms with Gasteiger partial charge in [-0.15, -0.1) is 0 Å². The fourth-order valence-electron chi connectivity index (χ4n) is 4.41. The van der Waals surface area contributed by atoms with Crippen LogP contribution in [0, 0.1) is 0 Å². The third-order valence-corrected chi connectivity index (χ3v) is 6.15. The van der Waals surface area contributed by atoms with Crippen LogP contribution in [-0.2, 0) is 33.4 Å². The third-order valence-electron chi connectivity index (χ3n) is 6.15. The summed E-state index contributed by atoms with van der Waals surface area (Å²) in [5.41, 5.74) is 5.37. The first-order valence-corrected chi connectivity index (χ1v) is 11.2. The first-order valence-electron chi connectivity index (χ1n) is 11.2. The standard InChI is InChI=1S/C20H29N5O10/c1-10-14(15(21)27)23-16(28)12-4-2-6-24(12)18(30)13-5-3-7-25(13)17(29)11(8-26)22-19(31)33-9-34-20(32)35-10/h10-14,26H,2-9H2,1H3,(H2,21,27)(H,22,31)(H,23,28)/t10-,11+,12+,13+,14+/m1/s1. The normalized spacial score (nSPS) is 31.1. The summed E-state index contributed by atoms with van der Waals surface area (Å²) in [6, 6.07) is -4.65. The predicted molar refractivity (Wildman–Crippen MR) is 113 cm³/mol. The summed E-state index contributed by atoms with van der Waals surface area (Å²) in [7, 11) is 0. The topological polar surface area (TPSA) is 207 Å². The Morgan fingerprint density at radius 2 is 1.63 bits per heavy atom. The Morgan fingerprint density at radius 3 is 2.26 bits per heavy atom. The third kappa shape index (κ3) is 5.90. The van der Waals surface area contributed by atoms with E-state index in [0.29, 0.717) is 25.7 Å². The lowest BCUT2D eigenvalue weighted by Crippen LogP contribution is -2.59. The molecule has 0 spiro atoms. The van der Waals surface area contributed by atoms with Crippen molar-refractivity contribution in [3.63, 3.8) is 0 Å². The van der Waals surface area contributed by atoms with Crippen molar-refractivity contribution in [2.24, 2.45) is 5.73 Å². The molecular weight excluding hydrogens is 470 g/mol. The summed E-state index contributed by atoms with van der Waals surface area (Å²) >= 11 is 0. The number of primary amides is 1. The minimum absolute atomic E-state index is 0.212. The van der Waals surface area contributed by atoms with Crippen LogP contribution in [0.4, 0.5) is 9.59 Å². The van der Waals surface area contributed by atoms with Gasteiger partial charge in [0.1, 0.15) is 30.3 Å². The van der Waals surface area contributed by atoms with Crippen molar-refractivity contribution in [1.82, 2.24) is 20.4 Å². The van der Waals surface area contributed by atoms with E-state index >= 15 is 0 Å². The molecule has 0 aromatic rings. The molecule has 3 aliphatic heterocycles. The van der Waals surface area contributed by atoms with E-state index in [1.165, 1.54) is 16.7 Å². The number of alkyl carbamates (subject to hydrolysis) is 1. The number of fused-ring (bicyclic) bond motifs is 2. The first kappa shape index (κ1) is 26.0. The van der Waals surface area contributed by atoms with E-state index in [4.69, 9.17) is 10.5 Å². The van der Waals surface area contributed by atoms with Gasteiger partial charge in [-0.3, -0.25) is 19.2 Å². The summed E-state index contributed by atoms with van der Waals surface area (Å²) in [4.78, 5) is 77.8. The van der Waals surface area contributed by atoms with Crippen molar-refractivity contribution >= 4 is 35.9 Å². The molecule has 15 heteroatoms. The molecule has 3 aliphatic rings. The Morgan fingerprint density at radius 1 is 1.00 bits per heavy atom. The highest BCUT2D eigenvalue weighted by Crippen LogP contribution is 2.26. The maximum absolute atomic E-state index is 13.4. The van der Waals surface area contributed by atoms with Crippen LogP contribution in [0.1, 0.15) is 32.6 Å². The second-order valence-electron chi connectivity index (χ2n) is 8.41. The number of amides is 5. The highest BCUT2D eigenvalue weighted by atomic mass is 16.8. The fourth-order valence-corrected chi connectivity index (χ4v) is 4.41. The number of cyclic esters (lactones) is 3. The van der Waals surface area contributed by atoms with Gasteiger partial charge in [0.05, 0.1) is 6.61 Å². The molecule has 5 N–H and O–H groups in total. The molecule has 0 aromatic carbocycles. The molecule has 5 amide bonds. The van der Waals surface area contributed by atoms with Crippen LogP contribution in [0.5, 0.6) is 0 Å². The van der Waals surface area contributed by atoms with Gasteiger partial charge in [0.2, 0.25) is 30.4 Å². The van der Waals surface area contributed by atoms with Crippen molar-refractivity contribution in [3.05, 3.63) is 0 Å². The quantitative estimate of drug-likeness (QED) is 0.295. The number of hydrogen-bond acceptors (Lipinski definition) is 10. The SMILES string of the molecule is C[C@H]1OC(=O)OCOC(=O)N[C@@H](CO)C(=O)N2CCC[C@H]2C(=O)N2CCC[C@H]2C(=O)N[C@@H]1C(N)=O. The summed E-state index contributed by atoms with van der Waals surface area (Å²) in [5, 5.41) is 14.2. The average molecular weight is 499 g/mol. The first-order chi connectivity index (χ1) is 16.6. The minimum Gasteiger partial charge on any atom is -0.428 e. The summed E-state index contributed by atoms with van der Waals surface area (Å²) in [6.45, 7) is 0.0922. The Labute approximate surface area is 200 Å². The molecule has 0 saturated carbocycles. The molecule has 5 atom stereocenters. The van der Waals surface area contributed by atoms with Gasteiger partial charge in [-0.25, -0.2) is 9.59 Å². The smallest absolute Gasteiger partial charge is 0.428 e. The van der Waals surface area contributed by atoms with Gasteiger partial charge < -0.3 is 45.5 Å². The van der Waals surface area contributed by atoms with Crippen LogP contribution in [0.15, 0.2) is 0 Å². The molecule has 3 saturated heterocycles. The second-order valence-corrected chi connectivity index (χ2v) is 8.41. The monoisotopic (exact) mass is 499 g/mol. The number of ether oxygens (including phenoxy) is 3. The highest BCUT2D eigenvalue weighted by Gasteiger charge is 2.44. The van der Waals surface area contributed by atoms with Crippen molar-refractivity contribution in [3.8, 4) is 0 Å². The Bertz CT molecular complexity index is 882. The summed E-state index contributed by atoms with van der Waals surface area (Å²) in [6.07, 6.45) is -2.07. The highest BCUT2D eigenvalue weighted by molar-refractivity contribution is 5.96. The minimum atomic E-state index is -1.43. The van der Waals surface area contributed by atoms with Crippen molar-refractivity contribution in [1.29, 1.82) is 0 Å². The van der Waals surface area contributed by atoms with E-state index in [0.717, 1.165) is 0 Å². The lowest BCUT2D eigenvalue weighted by Gasteiger charge is -2.33. The number of aliphatic hydroxyl groups excluding tert-OH is 1. The largest absolute Gasteiger partial charge is 0.511 e. The fraction of sp³-hybridized carbons (Fsp3) is 0.700. The molecule has 0 aliphatic carbocycles.